The molecular formula is C5H10ClO3P. The first-order valence-corrected chi connectivity index (χ1v) is 5.45. The summed E-state index contributed by atoms with van der Waals surface area (Å²) < 4.78 is 20.4. The van der Waals surface area contributed by atoms with Crippen molar-refractivity contribution >= 4 is 18.2 Å². The molecule has 0 amide bonds. The van der Waals surface area contributed by atoms with Gasteiger partial charge < -0.3 is 0 Å². The summed E-state index contributed by atoms with van der Waals surface area (Å²) in [6.07, 6.45) is 0. The molecule has 0 atom stereocenters. The van der Waals surface area contributed by atoms with Gasteiger partial charge in [-0.1, -0.05) is 13.8 Å². The summed E-state index contributed by atoms with van der Waals surface area (Å²) in [5.74, 6) is 0. The first-order valence-electron chi connectivity index (χ1n) is 3.00. The Kier molecular flexibility index (Phi) is 2.12. The Morgan fingerprint density at radius 1 is 1.40 bits per heavy atom. The normalized spacial score (nSPS) is 29.9. The Balaban J connectivity index is 2.54. The third kappa shape index (κ3) is 2.24. The predicted octanol–water partition coefficient (Wildman–Crippen LogP) is 2.41. The highest BCUT2D eigenvalue weighted by atomic mass is 35.7. The van der Waals surface area contributed by atoms with Crippen LogP contribution in [0.15, 0.2) is 0 Å². The lowest BCUT2D eigenvalue weighted by Gasteiger charge is -2.30. The Hall–Kier alpha value is 0.440. The van der Waals surface area contributed by atoms with E-state index in [1.54, 1.807) is 0 Å². The van der Waals surface area contributed by atoms with Crippen molar-refractivity contribution < 1.29 is 13.6 Å². The third-order valence-electron chi connectivity index (χ3n) is 1.22. The molecule has 60 valence electrons. The van der Waals surface area contributed by atoms with Crippen LogP contribution in [0.4, 0.5) is 0 Å². The van der Waals surface area contributed by atoms with E-state index < -0.39 is 6.95 Å². The van der Waals surface area contributed by atoms with Crippen LogP contribution in [-0.2, 0) is 13.6 Å². The molecule has 0 spiro atoms. The number of rotatable bonds is 0. The summed E-state index contributed by atoms with van der Waals surface area (Å²) in [4.78, 5) is 0. The van der Waals surface area contributed by atoms with Crippen LogP contribution in [0, 0.1) is 5.41 Å². The Labute approximate surface area is 65.0 Å². The highest BCUT2D eigenvalue weighted by molar-refractivity contribution is 7.81. The van der Waals surface area contributed by atoms with Crippen LogP contribution in [-0.4, -0.2) is 13.2 Å². The summed E-state index contributed by atoms with van der Waals surface area (Å²) in [6, 6.07) is 0. The zero-order valence-corrected chi connectivity index (χ0v) is 7.61. The van der Waals surface area contributed by atoms with Crippen LogP contribution in [0.5, 0.6) is 0 Å². The van der Waals surface area contributed by atoms with Gasteiger partial charge in [-0.15, -0.1) is 0 Å². The van der Waals surface area contributed by atoms with Gasteiger partial charge >= 0.3 is 6.95 Å². The molecule has 0 bridgehead atoms. The van der Waals surface area contributed by atoms with Gasteiger partial charge in [-0.05, 0) is 0 Å². The van der Waals surface area contributed by atoms with Crippen molar-refractivity contribution in [3.05, 3.63) is 0 Å². The molecule has 0 saturated carbocycles. The standard InChI is InChI=1S/C5H10ClO3P/c1-5(2)3-8-10(6,7)9-4-5/h3-4H2,1-2H3. The van der Waals surface area contributed by atoms with Crippen molar-refractivity contribution in [3.63, 3.8) is 0 Å². The number of halogens is 1. The monoisotopic (exact) mass is 184 g/mol. The molecular weight excluding hydrogens is 174 g/mol. The average molecular weight is 185 g/mol. The fraction of sp³-hybridized carbons (Fsp3) is 1.00. The summed E-state index contributed by atoms with van der Waals surface area (Å²) in [5.41, 5.74) is -0.0667. The van der Waals surface area contributed by atoms with E-state index >= 15 is 0 Å². The lowest BCUT2D eigenvalue weighted by molar-refractivity contribution is 0.0493. The molecule has 0 radical (unpaired) electrons. The first-order chi connectivity index (χ1) is 4.41. The van der Waals surface area contributed by atoms with Gasteiger partial charge in [-0.25, -0.2) is 4.57 Å². The molecule has 0 aromatic rings. The maximum Gasteiger partial charge on any atom is 0.424 e. The molecule has 1 rings (SSSR count). The van der Waals surface area contributed by atoms with Crippen molar-refractivity contribution in [2.75, 3.05) is 13.2 Å². The molecule has 0 N–H and O–H groups in total. The molecule has 1 aliphatic heterocycles. The second-order valence-electron chi connectivity index (χ2n) is 3.14. The second-order valence-corrected chi connectivity index (χ2v) is 5.76. The fourth-order valence-electron chi connectivity index (χ4n) is 0.583. The quantitative estimate of drug-likeness (QED) is 0.543. The largest absolute Gasteiger partial charge is 0.424 e. The highest BCUT2D eigenvalue weighted by Gasteiger charge is 2.34. The molecule has 5 heteroatoms. The van der Waals surface area contributed by atoms with Gasteiger partial charge in [0.25, 0.3) is 0 Å². The Morgan fingerprint density at radius 2 is 1.80 bits per heavy atom. The zero-order valence-electron chi connectivity index (χ0n) is 5.96. The first kappa shape index (κ1) is 8.54. The van der Waals surface area contributed by atoms with Gasteiger partial charge in [0.1, 0.15) is 0 Å². The van der Waals surface area contributed by atoms with Crippen LogP contribution >= 0.6 is 18.2 Å². The lowest BCUT2D eigenvalue weighted by atomic mass is 9.97. The van der Waals surface area contributed by atoms with Crippen molar-refractivity contribution in [2.45, 2.75) is 13.8 Å². The van der Waals surface area contributed by atoms with Gasteiger partial charge in [-0.2, -0.15) is 0 Å². The molecule has 0 unspecified atom stereocenters. The molecule has 1 heterocycles. The van der Waals surface area contributed by atoms with Crippen LogP contribution < -0.4 is 0 Å². The number of hydrogen-bond donors (Lipinski definition) is 0. The van der Waals surface area contributed by atoms with E-state index in [0.717, 1.165) is 0 Å². The fourth-order valence-corrected chi connectivity index (χ4v) is 1.96. The van der Waals surface area contributed by atoms with Crippen molar-refractivity contribution in [3.8, 4) is 0 Å². The van der Waals surface area contributed by atoms with Crippen LogP contribution in [0.2, 0.25) is 0 Å². The van der Waals surface area contributed by atoms with Crippen LogP contribution in [0.3, 0.4) is 0 Å². The summed E-state index contributed by atoms with van der Waals surface area (Å²) in [7, 11) is 0. The van der Waals surface area contributed by atoms with E-state index in [4.69, 9.17) is 20.3 Å². The zero-order chi connectivity index (χ0) is 7.83. The molecule has 0 aromatic heterocycles. The maximum absolute atomic E-state index is 10.8. The molecule has 1 aliphatic rings. The van der Waals surface area contributed by atoms with Crippen molar-refractivity contribution in [1.29, 1.82) is 0 Å². The van der Waals surface area contributed by atoms with E-state index in [-0.39, 0.29) is 5.41 Å². The minimum absolute atomic E-state index is 0.0667. The van der Waals surface area contributed by atoms with Crippen LogP contribution in [0.25, 0.3) is 0 Å². The second kappa shape index (κ2) is 2.49. The van der Waals surface area contributed by atoms with E-state index in [9.17, 15) is 4.57 Å². The SMILES string of the molecule is CC1(C)COP(=O)(Cl)OC1. The molecule has 3 nitrogen and oxygen atoms in total. The topological polar surface area (TPSA) is 35.5 Å². The van der Waals surface area contributed by atoms with Gasteiger partial charge in [0, 0.05) is 16.7 Å². The molecule has 1 fully saturated rings. The molecule has 0 aromatic carbocycles. The highest BCUT2D eigenvalue weighted by Crippen LogP contribution is 2.57. The van der Waals surface area contributed by atoms with E-state index in [2.05, 4.69) is 0 Å². The average Bonchev–Trinajstić information content (AvgIpc) is 1.79. The maximum atomic E-state index is 10.8. The van der Waals surface area contributed by atoms with Gasteiger partial charge in [0.05, 0.1) is 13.2 Å². The van der Waals surface area contributed by atoms with E-state index in [1.165, 1.54) is 0 Å². The molecule has 10 heavy (non-hydrogen) atoms. The lowest BCUT2D eigenvalue weighted by Crippen LogP contribution is -2.28. The van der Waals surface area contributed by atoms with Crippen molar-refractivity contribution in [2.24, 2.45) is 5.41 Å². The van der Waals surface area contributed by atoms with Crippen molar-refractivity contribution in [1.82, 2.24) is 0 Å². The van der Waals surface area contributed by atoms with E-state index in [1.807, 2.05) is 13.8 Å². The van der Waals surface area contributed by atoms with Gasteiger partial charge in [0.15, 0.2) is 0 Å². The molecule has 0 aliphatic carbocycles. The van der Waals surface area contributed by atoms with Gasteiger partial charge in [-0.3, -0.25) is 9.05 Å². The Morgan fingerprint density at radius 3 is 2.10 bits per heavy atom. The minimum atomic E-state index is -3.19. The summed E-state index contributed by atoms with van der Waals surface area (Å²) in [6.45, 7) is 1.52. The molecule has 1 saturated heterocycles. The summed E-state index contributed by atoms with van der Waals surface area (Å²) >= 11 is 5.31. The summed E-state index contributed by atoms with van der Waals surface area (Å²) in [5, 5.41) is 0. The predicted molar refractivity (Wildman–Crippen MR) is 39.1 cm³/mol. The minimum Gasteiger partial charge on any atom is -0.296 e. The Bertz CT molecular complexity index is 166. The van der Waals surface area contributed by atoms with Crippen LogP contribution in [0.1, 0.15) is 13.8 Å². The van der Waals surface area contributed by atoms with E-state index in [0.29, 0.717) is 13.2 Å². The van der Waals surface area contributed by atoms with Gasteiger partial charge in [0.2, 0.25) is 0 Å². The smallest absolute Gasteiger partial charge is 0.296 e. The number of hydrogen-bond acceptors (Lipinski definition) is 3. The third-order valence-corrected chi connectivity index (χ3v) is 2.68.